The first-order chi connectivity index (χ1) is 16.7. The highest BCUT2D eigenvalue weighted by molar-refractivity contribution is 6.30. The Morgan fingerprint density at radius 3 is 2.29 bits per heavy atom. The third-order valence-electron chi connectivity index (χ3n) is 5.66. The van der Waals surface area contributed by atoms with E-state index in [1.165, 1.54) is 0 Å². The van der Waals surface area contributed by atoms with Crippen LogP contribution in [0.15, 0.2) is 72.8 Å². The second-order valence-electron chi connectivity index (χ2n) is 9.07. The van der Waals surface area contributed by atoms with Crippen LogP contribution < -0.4 is 10.1 Å². The number of carbonyl (C=O) groups excluding carboxylic acids is 2. The molecule has 0 spiro atoms. The fraction of sp³-hybridized carbons (Fsp3) is 0.310. The molecule has 35 heavy (non-hydrogen) atoms. The number of hydrogen-bond acceptors (Lipinski definition) is 3. The lowest BCUT2D eigenvalue weighted by atomic mass is 10.0. The van der Waals surface area contributed by atoms with Crippen molar-refractivity contribution in [3.63, 3.8) is 0 Å². The highest BCUT2D eigenvalue weighted by atomic mass is 35.5. The molecule has 1 N–H and O–H groups in total. The fourth-order valence-corrected chi connectivity index (χ4v) is 3.93. The van der Waals surface area contributed by atoms with Crippen LogP contribution in [0.25, 0.3) is 0 Å². The number of aryl methyl sites for hydroxylation is 2. The molecule has 0 saturated heterocycles. The summed E-state index contributed by atoms with van der Waals surface area (Å²) < 4.78 is 5.93. The van der Waals surface area contributed by atoms with Gasteiger partial charge in [0.05, 0.1) is 0 Å². The van der Waals surface area contributed by atoms with Gasteiger partial charge < -0.3 is 15.0 Å². The lowest BCUT2D eigenvalue weighted by Crippen LogP contribution is -2.52. The summed E-state index contributed by atoms with van der Waals surface area (Å²) >= 11 is 6.07. The van der Waals surface area contributed by atoms with Crippen LogP contribution >= 0.6 is 11.6 Å². The molecule has 0 heterocycles. The van der Waals surface area contributed by atoms with E-state index in [0.717, 1.165) is 22.3 Å². The molecule has 0 aliphatic carbocycles. The van der Waals surface area contributed by atoms with Gasteiger partial charge in [-0.3, -0.25) is 9.59 Å². The summed E-state index contributed by atoms with van der Waals surface area (Å²) in [5.41, 5.74) is 3.85. The van der Waals surface area contributed by atoms with Crippen molar-refractivity contribution in [1.82, 2.24) is 10.2 Å². The molecule has 2 amide bonds. The Morgan fingerprint density at radius 1 is 0.943 bits per heavy atom. The maximum absolute atomic E-state index is 13.6. The summed E-state index contributed by atoms with van der Waals surface area (Å²) in [6.45, 7) is 7.83. The first-order valence-electron chi connectivity index (χ1n) is 11.8. The summed E-state index contributed by atoms with van der Waals surface area (Å²) in [5, 5.41) is 3.60. The van der Waals surface area contributed by atoms with Crippen LogP contribution in [0, 0.1) is 13.8 Å². The molecular weight excluding hydrogens is 460 g/mol. The number of carbonyl (C=O) groups is 2. The summed E-state index contributed by atoms with van der Waals surface area (Å²) in [5.74, 6) is 0.203. The van der Waals surface area contributed by atoms with Gasteiger partial charge in [0.2, 0.25) is 5.91 Å². The predicted molar refractivity (Wildman–Crippen MR) is 141 cm³/mol. The minimum Gasteiger partial charge on any atom is -0.483 e. The van der Waals surface area contributed by atoms with E-state index >= 15 is 0 Å². The van der Waals surface area contributed by atoms with Gasteiger partial charge in [0, 0.05) is 24.0 Å². The minimum atomic E-state index is -0.704. The van der Waals surface area contributed by atoms with E-state index < -0.39 is 6.04 Å². The van der Waals surface area contributed by atoms with Crippen molar-refractivity contribution in [2.45, 2.75) is 52.7 Å². The first kappa shape index (κ1) is 26.3. The molecule has 0 fully saturated rings. The van der Waals surface area contributed by atoms with Gasteiger partial charge in [0.15, 0.2) is 6.61 Å². The van der Waals surface area contributed by atoms with Gasteiger partial charge in [-0.2, -0.15) is 0 Å². The monoisotopic (exact) mass is 492 g/mol. The lowest BCUT2D eigenvalue weighted by Gasteiger charge is -2.32. The highest BCUT2D eigenvalue weighted by Gasteiger charge is 2.31. The number of hydrogen-bond donors (Lipinski definition) is 1. The zero-order valence-electron chi connectivity index (χ0n) is 20.8. The third-order valence-corrected chi connectivity index (χ3v) is 5.91. The number of benzene rings is 3. The number of ether oxygens (including phenoxy) is 1. The summed E-state index contributed by atoms with van der Waals surface area (Å²) in [4.78, 5) is 28.6. The molecule has 0 unspecified atom stereocenters. The lowest BCUT2D eigenvalue weighted by molar-refractivity contribution is -0.143. The molecule has 0 aromatic heterocycles. The van der Waals surface area contributed by atoms with Gasteiger partial charge in [-0.05, 0) is 68.1 Å². The first-order valence-corrected chi connectivity index (χ1v) is 12.2. The van der Waals surface area contributed by atoms with Crippen LogP contribution in [-0.4, -0.2) is 35.4 Å². The summed E-state index contributed by atoms with van der Waals surface area (Å²) in [6.07, 6.45) is 0.391. The van der Waals surface area contributed by atoms with Crippen LogP contribution in [0.5, 0.6) is 5.75 Å². The molecule has 6 heteroatoms. The topological polar surface area (TPSA) is 58.6 Å². The Labute approximate surface area is 213 Å². The second kappa shape index (κ2) is 12.4. The van der Waals surface area contributed by atoms with Gasteiger partial charge in [-0.25, -0.2) is 0 Å². The highest BCUT2D eigenvalue weighted by Crippen LogP contribution is 2.21. The van der Waals surface area contributed by atoms with E-state index in [9.17, 15) is 9.59 Å². The Bertz CT molecular complexity index is 1130. The molecule has 3 rings (SSSR count). The largest absolute Gasteiger partial charge is 0.483 e. The Kier molecular flexibility index (Phi) is 9.32. The molecule has 3 aromatic carbocycles. The van der Waals surface area contributed by atoms with E-state index in [1.807, 2.05) is 88.4 Å². The molecule has 0 radical (unpaired) electrons. The molecule has 184 valence electrons. The van der Waals surface area contributed by atoms with E-state index in [0.29, 0.717) is 17.2 Å². The van der Waals surface area contributed by atoms with Crippen LogP contribution in [-0.2, 0) is 22.6 Å². The fourth-order valence-electron chi connectivity index (χ4n) is 3.81. The average molecular weight is 493 g/mol. The third kappa shape index (κ3) is 7.86. The maximum atomic E-state index is 13.6. The van der Waals surface area contributed by atoms with Gasteiger partial charge in [-0.1, -0.05) is 66.2 Å². The number of amides is 2. The molecule has 5 nitrogen and oxygen atoms in total. The smallest absolute Gasteiger partial charge is 0.261 e. The minimum absolute atomic E-state index is 0.0561. The molecule has 0 bridgehead atoms. The molecule has 3 aromatic rings. The number of halogens is 1. The van der Waals surface area contributed by atoms with E-state index in [4.69, 9.17) is 16.3 Å². The molecule has 0 saturated carbocycles. The van der Waals surface area contributed by atoms with Crippen molar-refractivity contribution in [3.05, 3.63) is 100 Å². The zero-order chi connectivity index (χ0) is 25.4. The van der Waals surface area contributed by atoms with Crippen molar-refractivity contribution >= 4 is 23.4 Å². The Morgan fingerprint density at radius 2 is 1.63 bits per heavy atom. The second-order valence-corrected chi connectivity index (χ2v) is 9.51. The van der Waals surface area contributed by atoms with Crippen molar-refractivity contribution in [3.8, 4) is 5.75 Å². The van der Waals surface area contributed by atoms with Gasteiger partial charge in [-0.15, -0.1) is 0 Å². The Balaban J connectivity index is 1.91. The average Bonchev–Trinajstić information content (AvgIpc) is 2.83. The molecular formula is C29H33ClN2O3. The standard InChI is InChI=1S/C29H33ClN2O3/c1-20(2)31-29(34)26(17-23-8-6-5-7-9-23)32(18-24-12-14-25(30)15-13-24)28(33)19-35-27-16-21(3)10-11-22(27)4/h5-16,20,26H,17-19H2,1-4H3,(H,31,34)/t26-/m1/s1. The SMILES string of the molecule is Cc1ccc(C)c(OCC(=O)N(Cc2ccc(Cl)cc2)[C@H](Cc2ccccc2)C(=O)NC(C)C)c1. The van der Waals surface area contributed by atoms with Gasteiger partial charge >= 0.3 is 0 Å². The van der Waals surface area contributed by atoms with Crippen LogP contribution in [0.2, 0.25) is 5.02 Å². The van der Waals surface area contributed by atoms with Gasteiger partial charge in [0.1, 0.15) is 11.8 Å². The normalized spacial score (nSPS) is 11.7. The van der Waals surface area contributed by atoms with E-state index in [1.54, 1.807) is 17.0 Å². The van der Waals surface area contributed by atoms with Crippen LogP contribution in [0.4, 0.5) is 0 Å². The molecule has 1 atom stereocenters. The van der Waals surface area contributed by atoms with Crippen molar-refractivity contribution < 1.29 is 14.3 Å². The van der Waals surface area contributed by atoms with Crippen molar-refractivity contribution in [2.75, 3.05) is 6.61 Å². The zero-order valence-corrected chi connectivity index (χ0v) is 21.5. The number of nitrogens with one attached hydrogen (secondary N) is 1. The quantitative estimate of drug-likeness (QED) is 0.406. The van der Waals surface area contributed by atoms with Crippen LogP contribution in [0.1, 0.15) is 36.1 Å². The summed E-state index contributed by atoms with van der Waals surface area (Å²) in [7, 11) is 0. The van der Waals surface area contributed by atoms with Crippen LogP contribution in [0.3, 0.4) is 0 Å². The van der Waals surface area contributed by atoms with E-state index in [-0.39, 0.29) is 31.0 Å². The summed E-state index contributed by atoms with van der Waals surface area (Å²) in [6, 6.07) is 22.2. The van der Waals surface area contributed by atoms with Gasteiger partial charge in [0.25, 0.3) is 5.91 Å². The number of rotatable bonds is 10. The van der Waals surface area contributed by atoms with Crippen molar-refractivity contribution in [1.29, 1.82) is 0 Å². The molecule has 0 aliphatic heterocycles. The number of nitrogens with zero attached hydrogens (tertiary/aromatic N) is 1. The van der Waals surface area contributed by atoms with E-state index in [2.05, 4.69) is 5.32 Å². The van der Waals surface area contributed by atoms with Crippen molar-refractivity contribution in [2.24, 2.45) is 0 Å². The molecule has 0 aliphatic rings. The Hall–Kier alpha value is -3.31. The predicted octanol–water partition coefficient (Wildman–Crippen LogP) is 5.50. The maximum Gasteiger partial charge on any atom is 0.261 e.